The Morgan fingerprint density at radius 1 is 1.59 bits per heavy atom. The van der Waals surface area contributed by atoms with Crippen molar-refractivity contribution in [3.8, 4) is 5.75 Å². The number of hydrogen-bond acceptors (Lipinski definition) is 4. The van der Waals surface area contributed by atoms with Crippen molar-refractivity contribution < 1.29 is 14.3 Å². The number of carbonyl (C=O) groups excluding carboxylic acids is 1. The molecule has 1 atom stereocenters. The molecule has 17 heavy (non-hydrogen) atoms. The Kier molecular flexibility index (Phi) is 3.49. The second kappa shape index (κ2) is 5.05. The van der Waals surface area contributed by atoms with Crippen LogP contribution in [0.4, 0.5) is 5.69 Å². The summed E-state index contributed by atoms with van der Waals surface area (Å²) in [6.07, 6.45) is 0.844. The van der Waals surface area contributed by atoms with Crippen molar-refractivity contribution >= 4 is 11.6 Å². The van der Waals surface area contributed by atoms with Crippen molar-refractivity contribution in [2.24, 2.45) is 0 Å². The minimum atomic E-state index is -0.176. The van der Waals surface area contributed by atoms with Crippen LogP contribution in [0.5, 0.6) is 5.75 Å². The number of methoxy groups -OCH3 is 1. The first-order valence-electron chi connectivity index (χ1n) is 5.53. The zero-order valence-corrected chi connectivity index (χ0v) is 9.73. The molecule has 0 radical (unpaired) electrons. The Morgan fingerprint density at radius 2 is 2.41 bits per heavy atom. The fourth-order valence-corrected chi connectivity index (χ4v) is 1.87. The summed E-state index contributed by atoms with van der Waals surface area (Å²) in [5.41, 5.74) is 6.67. The van der Waals surface area contributed by atoms with E-state index in [0.29, 0.717) is 30.2 Å². The zero-order valence-electron chi connectivity index (χ0n) is 9.73. The molecule has 1 amide bonds. The minimum Gasteiger partial charge on any atom is -0.494 e. The predicted molar refractivity (Wildman–Crippen MR) is 64.1 cm³/mol. The fraction of sp³-hybridized carbons (Fsp3) is 0.417. The Morgan fingerprint density at radius 3 is 3.06 bits per heavy atom. The maximum Gasteiger partial charge on any atom is 0.255 e. The van der Waals surface area contributed by atoms with E-state index in [9.17, 15) is 4.79 Å². The van der Waals surface area contributed by atoms with E-state index in [2.05, 4.69) is 5.32 Å². The molecule has 5 heteroatoms. The van der Waals surface area contributed by atoms with Crippen molar-refractivity contribution in [2.45, 2.75) is 12.5 Å². The number of para-hydroxylation sites is 1. The van der Waals surface area contributed by atoms with Crippen LogP contribution in [0.3, 0.4) is 0 Å². The number of carbonyl (C=O) groups is 1. The second-order valence-corrected chi connectivity index (χ2v) is 3.96. The normalized spacial score (nSPS) is 19.0. The predicted octanol–water partition coefficient (Wildman–Crippen LogP) is 0.796. The molecule has 1 aromatic carbocycles. The van der Waals surface area contributed by atoms with Crippen LogP contribution in [-0.4, -0.2) is 32.3 Å². The summed E-state index contributed by atoms with van der Waals surface area (Å²) < 4.78 is 10.3. The van der Waals surface area contributed by atoms with Gasteiger partial charge < -0.3 is 20.5 Å². The smallest absolute Gasteiger partial charge is 0.255 e. The molecule has 0 aliphatic carbocycles. The topological polar surface area (TPSA) is 73.6 Å². The summed E-state index contributed by atoms with van der Waals surface area (Å²) >= 11 is 0. The molecule has 92 valence electrons. The largest absolute Gasteiger partial charge is 0.494 e. The highest BCUT2D eigenvalue weighted by molar-refractivity contribution is 5.98. The lowest BCUT2D eigenvalue weighted by molar-refractivity contribution is 0.0927. The zero-order chi connectivity index (χ0) is 12.3. The number of rotatable bonds is 3. The van der Waals surface area contributed by atoms with E-state index in [1.165, 1.54) is 7.11 Å². The summed E-state index contributed by atoms with van der Waals surface area (Å²) in [7, 11) is 1.50. The fourth-order valence-electron chi connectivity index (χ4n) is 1.87. The molecule has 0 saturated carbocycles. The highest BCUT2D eigenvalue weighted by atomic mass is 16.5. The van der Waals surface area contributed by atoms with Gasteiger partial charge in [-0.2, -0.15) is 0 Å². The number of anilines is 1. The summed E-state index contributed by atoms with van der Waals surface area (Å²) in [4.78, 5) is 12.0. The van der Waals surface area contributed by atoms with Crippen LogP contribution in [0, 0.1) is 0 Å². The molecule has 1 aromatic rings. The van der Waals surface area contributed by atoms with Gasteiger partial charge in [-0.3, -0.25) is 4.79 Å². The number of nitrogen functional groups attached to an aromatic ring is 1. The Bertz CT molecular complexity index is 414. The number of ether oxygens (including phenoxy) is 2. The average molecular weight is 236 g/mol. The summed E-state index contributed by atoms with van der Waals surface area (Å²) in [5, 5.41) is 2.90. The van der Waals surface area contributed by atoms with E-state index in [1.54, 1.807) is 18.2 Å². The average Bonchev–Trinajstić information content (AvgIpc) is 2.81. The maximum absolute atomic E-state index is 12.0. The Hall–Kier alpha value is -1.75. The lowest BCUT2D eigenvalue weighted by Crippen LogP contribution is -2.35. The van der Waals surface area contributed by atoms with Crippen LogP contribution in [0.15, 0.2) is 18.2 Å². The van der Waals surface area contributed by atoms with Gasteiger partial charge in [-0.15, -0.1) is 0 Å². The minimum absolute atomic E-state index is 0.0774. The van der Waals surface area contributed by atoms with Gasteiger partial charge in [0.1, 0.15) is 0 Å². The molecular formula is C12H16N2O3. The van der Waals surface area contributed by atoms with Crippen molar-refractivity contribution in [1.29, 1.82) is 0 Å². The second-order valence-electron chi connectivity index (χ2n) is 3.96. The summed E-state index contributed by atoms with van der Waals surface area (Å²) in [6.45, 7) is 1.26. The lowest BCUT2D eigenvalue weighted by atomic mass is 10.1. The van der Waals surface area contributed by atoms with Crippen LogP contribution >= 0.6 is 0 Å². The molecule has 0 spiro atoms. The van der Waals surface area contributed by atoms with Crippen LogP contribution in [0.2, 0.25) is 0 Å². The number of nitrogens with one attached hydrogen (secondary N) is 1. The van der Waals surface area contributed by atoms with Gasteiger partial charge in [0.15, 0.2) is 5.75 Å². The Labute approximate surface area is 99.9 Å². The number of nitrogens with two attached hydrogens (primary N) is 1. The van der Waals surface area contributed by atoms with E-state index in [4.69, 9.17) is 15.2 Å². The quantitative estimate of drug-likeness (QED) is 0.761. The molecule has 5 nitrogen and oxygen atoms in total. The molecule has 3 N–H and O–H groups in total. The van der Waals surface area contributed by atoms with Gasteiger partial charge in [0.05, 0.1) is 31.0 Å². The van der Waals surface area contributed by atoms with Gasteiger partial charge in [-0.25, -0.2) is 0 Å². The van der Waals surface area contributed by atoms with E-state index in [-0.39, 0.29) is 11.9 Å². The summed E-state index contributed by atoms with van der Waals surface area (Å²) in [5.74, 6) is 0.244. The maximum atomic E-state index is 12.0. The van der Waals surface area contributed by atoms with Gasteiger partial charge >= 0.3 is 0 Å². The molecule has 1 aliphatic heterocycles. The molecule has 0 bridgehead atoms. The van der Waals surface area contributed by atoms with Gasteiger partial charge in [-0.05, 0) is 18.6 Å². The molecular weight excluding hydrogens is 220 g/mol. The third kappa shape index (κ3) is 2.50. The standard InChI is InChI=1S/C12H16N2O3/c1-16-11-9(3-2-4-10(11)13)12(15)14-8-5-6-17-7-8/h2-4,8H,5-7,13H2,1H3,(H,14,15). The van der Waals surface area contributed by atoms with Gasteiger partial charge in [0, 0.05) is 6.61 Å². The van der Waals surface area contributed by atoms with E-state index in [1.807, 2.05) is 0 Å². The van der Waals surface area contributed by atoms with Crippen molar-refractivity contribution in [3.63, 3.8) is 0 Å². The first-order valence-corrected chi connectivity index (χ1v) is 5.53. The van der Waals surface area contributed by atoms with Crippen LogP contribution in [0.25, 0.3) is 0 Å². The third-order valence-corrected chi connectivity index (χ3v) is 2.76. The third-order valence-electron chi connectivity index (χ3n) is 2.76. The molecule has 1 heterocycles. The monoisotopic (exact) mass is 236 g/mol. The molecule has 1 fully saturated rings. The lowest BCUT2D eigenvalue weighted by Gasteiger charge is -2.14. The molecule has 1 saturated heterocycles. The van der Waals surface area contributed by atoms with Gasteiger partial charge in [0.2, 0.25) is 0 Å². The first kappa shape index (κ1) is 11.7. The number of amides is 1. The van der Waals surface area contributed by atoms with E-state index < -0.39 is 0 Å². The van der Waals surface area contributed by atoms with Crippen molar-refractivity contribution in [1.82, 2.24) is 5.32 Å². The first-order chi connectivity index (χ1) is 8.22. The van der Waals surface area contributed by atoms with Gasteiger partial charge in [0.25, 0.3) is 5.91 Å². The summed E-state index contributed by atoms with van der Waals surface area (Å²) in [6, 6.07) is 5.21. The molecule has 1 unspecified atom stereocenters. The van der Waals surface area contributed by atoms with Crippen LogP contribution < -0.4 is 15.8 Å². The van der Waals surface area contributed by atoms with Gasteiger partial charge in [-0.1, -0.05) is 6.07 Å². The van der Waals surface area contributed by atoms with Crippen LogP contribution in [0.1, 0.15) is 16.8 Å². The molecule has 1 aliphatic rings. The van der Waals surface area contributed by atoms with Crippen LogP contribution in [-0.2, 0) is 4.74 Å². The van der Waals surface area contributed by atoms with E-state index >= 15 is 0 Å². The van der Waals surface area contributed by atoms with Crippen molar-refractivity contribution in [2.75, 3.05) is 26.1 Å². The SMILES string of the molecule is COc1c(N)cccc1C(=O)NC1CCOC1. The highest BCUT2D eigenvalue weighted by Gasteiger charge is 2.21. The number of hydrogen-bond donors (Lipinski definition) is 2. The highest BCUT2D eigenvalue weighted by Crippen LogP contribution is 2.25. The van der Waals surface area contributed by atoms with Crippen molar-refractivity contribution in [3.05, 3.63) is 23.8 Å². The van der Waals surface area contributed by atoms with E-state index in [0.717, 1.165) is 6.42 Å². The molecule has 2 rings (SSSR count). The number of benzene rings is 1. The Balaban J connectivity index is 2.15. The molecule has 0 aromatic heterocycles.